The van der Waals surface area contributed by atoms with Gasteiger partial charge in [-0.1, -0.05) is 18.7 Å². The lowest BCUT2D eigenvalue weighted by Gasteiger charge is -2.03. The summed E-state index contributed by atoms with van der Waals surface area (Å²) in [7, 11) is 0. The molecule has 32 heavy (non-hydrogen) atoms. The van der Waals surface area contributed by atoms with E-state index in [1.807, 2.05) is 50.2 Å². The van der Waals surface area contributed by atoms with E-state index in [0.717, 1.165) is 47.3 Å². The Hall–Kier alpha value is -2.61. The minimum atomic E-state index is 0.307. The molecule has 2 aromatic carbocycles. The molecule has 0 fully saturated rings. The summed E-state index contributed by atoms with van der Waals surface area (Å²) in [6, 6.07) is 11.5. The maximum Gasteiger partial charge on any atom is 0.231 e. The van der Waals surface area contributed by atoms with Crippen LogP contribution in [0.1, 0.15) is 25.0 Å². The highest BCUT2D eigenvalue weighted by atomic mass is 35.5. The van der Waals surface area contributed by atoms with Crippen LogP contribution < -0.4 is 18.9 Å². The standard InChI is InChI=1S/C10H11ClO3.C10H10O3.C4H10O/c11-3-4-12-6-8-1-2-9-10(5-8)14-7-13-9;1-2-11-6-8-3-4-9-10(5-8)13-7-12-9;1-3-5-4-2/h1-2,5H,3-4,6-7H2;2-5H,1,6-7H2;3-4H2,1-2H3. The summed E-state index contributed by atoms with van der Waals surface area (Å²) in [4.78, 5) is 0. The summed E-state index contributed by atoms with van der Waals surface area (Å²) >= 11 is 5.49. The van der Waals surface area contributed by atoms with Gasteiger partial charge >= 0.3 is 0 Å². The SMILES string of the molecule is C=COCc1ccc2c(c1)OCO2.CCOCC.ClCCOCc1ccc2c(c1)OCO2. The van der Waals surface area contributed by atoms with E-state index in [9.17, 15) is 0 Å². The molecule has 0 unspecified atom stereocenters. The quantitative estimate of drug-likeness (QED) is 0.282. The van der Waals surface area contributed by atoms with Crippen molar-refractivity contribution in [1.29, 1.82) is 0 Å². The minimum Gasteiger partial charge on any atom is -0.497 e. The molecule has 0 saturated carbocycles. The lowest BCUT2D eigenvalue weighted by Crippen LogP contribution is -1.96. The zero-order valence-corrected chi connectivity index (χ0v) is 19.4. The molecule has 0 atom stereocenters. The Morgan fingerprint density at radius 2 is 1.34 bits per heavy atom. The van der Waals surface area contributed by atoms with Gasteiger partial charge in [0.1, 0.15) is 6.61 Å². The van der Waals surface area contributed by atoms with Gasteiger partial charge < -0.3 is 33.2 Å². The van der Waals surface area contributed by atoms with Crippen molar-refractivity contribution < 1.29 is 33.2 Å². The number of halogens is 1. The number of hydrogen-bond acceptors (Lipinski definition) is 7. The molecule has 0 bridgehead atoms. The topological polar surface area (TPSA) is 64.6 Å². The van der Waals surface area contributed by atoms with E-state index in [2.05, 4.69) is 6.58 Å². The van der Waals surface area contributed by atoms with Gasteiger partial charge in [-0.3, -0.25) is 0 Å². The molecular formula is C24H31ClO7. The van der Waals surface area contributed by atoms with Crippen molar-refractivity contribution in [3.63, 3.8) is 0 Å². The maximum absolute atomic E-state index is 5.49. The third-order valence-electron chi connectivity index (χ3n) is 4.14. The van der Waals surface area contributed by atoms with Crippen LogP contribution in [0.15, 0.2) is 49.2 Å². The predicted octanol–water partition coefficient (Wildman–Crippen LogP) is 5.29. The van der Waals surface area contributed by atoms with E-state index in [1.54, 1.807) is 0 Å². The molecule has 7 nitrogen and oxygen atoms in total. The molecule has 0 radical (unpaired) electrons. The third-order valence-corrected chi connectivity index (χ3v) is 4.29. The molecule has 0 amide bonds. The molecule has 8 heteroatoms. The zero-order valence-electron chi connectivity index (χ0n) is 18.6. The van der Waals surface area contributed by atoms with Gasteiger partial charge in [-0.2, -0.15) is 0 Å². The number of fused-ring (bicyclic) bond motifs is 2. The number of rotatable bonds is 9. The summed E-state index contributed by atoms with van der Waals surface area (Å²) in [6.45, 7) is 11.4. The number of alkyl halides is 1. The van der Waals surface area contributed by atoms with E-state index in [4.69, 9.17) is 44.8 Å². The van der Waals surface area contributed by atoms with Crippen LogP contribution in [0.3, 0.4) is 0 Å². The van der Waals surface area contributed by atoms with Crippen molar-refractivity contribution in [2.75, 3.05) is 39.3 Å². The lowest BCUT2D eigenvalue weighted by molar-refractivity contribution is 0.135. The Balaban J connectivity index is 0.000000189. The highest BCUT2D eigenvalue weighted by molar-refractivity contribution is 6.17. The van der Waals surface area contributed by atoms with Crippen LogP contribution in [0.5, 0.6) is 23.0 Å². The highest BCUT2D eigenvalue weighted by Gasteiger charge is 2.13. The Bertz CT molecular complexity index is 811. The molecule has 2 aliphatic heterocycles. The van der Waals surface area contributed by atoms with Crippen LogP contribution in [-0.4, -0.2) is 39.3 Å². The second kappa shape index (κ2) is 15.2. The molecule has 2 heterocycles. The van der Waals surface area contributed by atoms with Gasteiger partial charge in [0.15, 0.2) is 23.0 Å². The van der Waals surface area contributed by atoms with Crippen LogP contribution in [0.4, 0.5) is 0 Å². The normalized spacial score (nSPS) is 12.2. The Labute approximate surface area is 194 Å². The molecular weight excluding hydrogens is 436 g/mol. The van der Waals surface area contributed by atoms with E-state index in [-0.39, 0.29) is 0 Å². The molecule has 0 aliphatic carbocycles. The van der Waals surface area contributed by atoms with Crippen molar-refractivity contribution in [2.24, 2.45) is 0 Å². The number of ether oxygens (including phenoxy) is 7. The van der Waals surface area contributed by atoms with Crippen molar-refractivity contribution >= 4 is 11.6 Å². The van der Waals surface area contributed by atoms with E-state index >= 15 is 0 Å². The monoisotopic (exact) mass is 466 g/mol. The van der Waals surface area contributed by atoms with Gasteiger partial charge in [0.2, 0.25) is 13.6 Å². The van der Waals surface area contributed by atoms with Crippen LogP contribution >= 0.6 is 11.6 Å². The van der Waals surface area contributed by atoms with Gasteiger partial charge in [-0.25, -0.2) is 0 Å². The van der Waals surface area contributed by atoms with Gasteiger partial charge in [0.25, 0.3) is 0 Å². The van der Waals surface area contributed by atoms with Crippen molar-refractivity contribution in [3.8, 4) is 23.0 Å². The first kappa shape index (κ1) is 25.6. The first-order valence-corrected chi connectivity index (χ1v) is 11.0. The van der Waals surface area contributed by atoms with E-state index in [0.29, 0.717) is 39.3 Å². The van der Waals surface area contributed by atoms with Crippen LogP contribution in [0, 0.1) is 0 Å². The first-order chi connectivity index (χ1) is 15.7. The smallest absolute Gasteiger partial charge is 0.231 e. The van der Waals surface area contributed by atoms with Crippen LogP contribution in [0.25, 0.3) is 0 Å². The second-order valence-corrected chi connectivity index (χ2v) is 6.75. The third kappa shape index (κ3) is 8.86. The molecule has 4 rings (SSSR count). The fourth-order valence-corrected chi connectivity index (χ4v) is 2.77. The van der Waals surface area contributed by atoms with E-state index < -0.39 is 0 Å². The summed E-state index contributed by atoms with van der Waals surface area (Å²) in [5.74, 6) is 3.68. The Kier molecular flexibility index (Phi) is 12.2. The summed E-state index contributed by atoms with van der Waals surface area (Å²) < 4.78 is 36.0. The average Bonchev–Trinajstić information content (AvgIpc) is 3.48. The largest absolute Gasteiger partial charge is 0.497 e. The maximum atomic E-state index is 5.49. The second-order valence-electron chi connectivity index (χ2n) is 6.38. The van der Waals surface area contributed by atoms with Gasteiger partial charge in [-0.15, -0.1) is 11.6 Å². The molecule has 0 saturated heterocycles. The Morgan fingerprint density at radius 3 is 1.81 bits per heavy atom. The molecule has 2 aromatic rings. The first-order valence-electron chi connectivity index (χ1n) is 10.4. The fraction of sp³-hybridized carbons (Fsp3) is 0.417. The predicted molar refractivity (Wildman–Crippen MR) is 123 cm³/mol. The molecule has 2 aliphatic rings. The number of benzene rings is 2. The van der Waals surface area contributed by atoms with Crippen LogP contribution in [-0.2, 0) is 27.4 Å². The van der Waals surface area contributed by atoms with Gasteiger partial charge in [-0.05, 0) is 49.2 Å². The zero-order chi connectivity index (χ0) is 23.0. The van der Waals surface area contributed by atoms with Crippen LogP contribution in [0.2, 0.25) is 0 Å². The minimum absolute atomic E-state index is 0.307. The average molecular weight is 467 g/mol. The molecule has 0 spiro atoms. The summed E-state index contributed by atoms with van der Waals surface area (Å²) in [5, 5.41) is 0. The molecule has 176 valence electrons. The molecule has 0 N–H and O–H groups in total. The Morgan fingerprint density at radius 1 is 0.812 bits per heavy atom. The molecule has 0 aromatic heterocycles. The van der Waals surface area contributed by atoms with Gasteiger partial charge in [0.05, 0.1) is 19.5 Å². The van der Waals surface area contributed by atoms with Gasteiger partial charge in [0, 0.05) is 19.1 Å². The lowest BCUT2D eigenvalue weighted by atomic mass is 10.2. The number of hydrogen-bond donors (Lipinski definition) is 0. The highest BCUT2D eigenvalue weighted by Crippen LogP contribution is 2.33. The van der Waals surface area contributed by atoms with Crippen molar-refractivity contribution in [2.45, 2.75) is 27.1 Å². The van der Waals surface area contributed by atoms with Crippen molar-refractivity contribution in [3.05, 3.63) is 60.4 Å². The summed E-state index contributed by atoms with van der Waals surface area (Å²) in [6.07, 6.45) is 1.42. The fourth-order valence-electron chi connectivity index (χ4n) is 2.67. The van der Waals surface area contributed by atoms with E-state index in [1.165, 1.54) is 6.26 Å². The van der Waals surface area contributed by atoms with Crippen molar-refractivity contribution in [1.82, 2.24) is 0 Å². The summed E-state index contributed by atoms with van der Waals surface area (Å²) in [5.41, 5.74) is 2.11.